The van der Waals surface area contributed by atoms with E-state index in [1.54, 1.807) is 0 Å². The molecule has 2 aromatic rings. The van der Waals surface area contributed by atoms with E-state index in [0.717, 1.165) is 33.7 Å². The second kappa shape index (κ2) is 8.63. The highest BCUT2D eigenvalue weighted by Gasteiger charge is 2.18. The summed E-state index contributed by atoms with van der Waals surface area (Å²) in [5.74, 6) is 1.29. The topological polar surface area (TPSA) is 52.0 Å². The van der Waals surface area contributed by atoms with Gasteiger partial charge in [-0.15, -0.1) is 0 Å². The number of carbonyl (C=O) groups is 1. The molecule has 5 nitrogen and oxygen atoms in total. The third-order valence-electron chi connectivity index (χ3n) is 4.58. The fourth-order valence-electron chi connectivity index (χ4n) is 3.27. The van der Waals surface area contributed by atoms with Gasteiger partial charge in [-0.05, 0) is 37.1 Å². The predicted octanol–water partition coefficient (Wildman–Crippen LogP) is 2.77. The lowest BCUT2D eigenvalue weighted by atomic mass is 10.1. The van der Waals surface area contributed by atoms with Crippen LogP contribution < -0.4 is 19.7 Å². The monoisotopic (exact) mass is 389 g/mol. The van der Waals surface area contributed by atoms with Crippen LogP contribution in [0.3, 0.4) is 0 Å². The molecule has 0 bridgehead atoms. The van der Waals surface area contributed by atoms with Gasteiger partial charge in [0.05, 0.1) is 25.3 Å². The molecule has 1 heterocycles. The molecule has 144 valence electrons. The van der Waals surface area contributed by atoms with Crippen LogP contribution in [0.1, 0.15) is 23.1 Å². The molecule has 1 amide bonds. The van der Waals surface area contributed by atoms with Crippen molar-refractivity contribution in [1.29, 1.82) is 0 Å². The van der Waals surface area contributed by atoms with E-state index in [2.05, 4.69) is 5.32 Å². The zero-order valence-electron chi connectivity index (χ0n) is 16.0. The number of hydrogen-bond donors (Lipinski definition) is 2. The van der Waals surface area contributed by atoms with Crippen LogP contribution in [0.25, 0.3) is 0 Å². The molecule has 27 heavy (non-hydrogen) atoms. The van der Waals surface area contributed by atoms with E-state index in [1.807, 2.05) is 51.2 Å². The molecular weight excluding hydrogens is 364 g/mol. The normalized spacial score (nSPS) is 14.4. The Labute approximate surface area is 165 Å². The molecule has 6 heteroatoms. The van der Waals surface area contributed by atoms with Crippen molar-refractivity contribution in [2.24, 2.45) is 0 Å². The number of quaternary nitrogens is 1. The SMILES string of the molecule is Cc1cccc(C)c1NC(=O)C[NH+](C)Cc1cc(Cl)c2c(c1)OCCCO2. The molecule has 0 saturated heterocycles. The lowest BCUT2D eigenvalue weighted by Gasteiger charge is -2.17. The van der Waals surface area contributed by atoms with Crippen LogP contribution in [0, 0.1) is 13.8 Å². The van der Waals surface area contributed by atoms with Crippen LogP contribution in [0.2, 0.25) is 5.02 Å². The van der Waals surface area contributed by atoms with Gasteiger partial charge in [-0.3, -0.25) is 4.79 Å². The van der Waals surface area contributed by atoms with Crippen LogP contribution in [0.5, 0.6) is 11.5 Å². The Balaban J connectivity index is 1.64. The lowest BCUT2D eigenvalue weighted by molar-refractivity contribution is -0.885. The molecular formula is C21H26ClN2O3+. The van der Waals surface area contributed by atoms with Gasteiger partial charge in [-0.25, -0.2) is 0 Å². The summed E-state index contributed by atoms with van der Waals surface area (Å²) in [6, 6.07) is 9.84. The van der Waals surface area contributed by atoms with Crippen LogP contribution in [-0.2, 0) is 11.3 Å². The Bertz CT molecular complexity index is 818. The number of likely N-dealkylation sites (N-methyl/N-ethyl adjacent to an activating group) is 1. The van der Waals surface area contributed by atoms with Crippen molar-refractivity contribution in [2.75, 3.05) is 32.1 Å². The smallest absolute Gasteiger partial charge is 0.279 e. The van der Waals surface area contributed by atoms with Gasteiger partial charge in [0.2, 0.25) is 0 Å². The van der Waals surface area contributed by atoms with Gasteiger partial charge in [0.1, 0.15) is 6.54 Å². The number of hydrogen-bond acceptors (Lipinski definition) is 3. The molecule has 0 radical (unpaired) electrons. The first-order valence-electron chi connectivity index (χ1n) is 9.19. The molecule has 0 aliphatic carbocycles. The second-order valence-corrected chi connectivity index (χ2v) is 7.49. The van der Waals surface area contributed by atoms with Crippen molar-refractivity contribution in [1.82, 2.24) is 0 Å². The number of aryl methyl sites for hydroxylation is 2. The minimum atomic E-state index is -0.00894. The van der Waals surface area contributed by atoms with Crippen molar-refractivity contribution >= 4 is 23.2 Å². The summed E-state index contributed by atoms with van der Waals surface area (Å²) in [4.78, 5) is 13.5. The Morgan fingerprint density at radius 2 is 1.89 bits per heavy atom. The number of benzene rings is 2. The van der Waals surface area contributed by atoms with E-state index in [-0.39, 0.29) is 5.91 Å². The quantitative estimate of drug-likeness (QED) is 0.826. The number of halogens is 1. The Hall–Kier alpha value is -2.24. The van der Waals surface area contributed by atoms with Crippen LogP contribution in [0.15, 0.2) is 30.3 Å². The molecule has 0 saturated carbocycles. The average molecular weight is 390 g/mol. The average Bonchev–Trinajstić information content (AvgIpc) is 2.84. The van der Waals surface area contributed by atoms with E-state index >= 15 is 0 Å². The molecule has 0 spiro atoms. The minimum absolute atomic E-state index is 0.00894. The zero-order valence-corrected chi connectivity index (χ0v) is 16.8. The van der Waals surface area contributed by atoms with E-state index in [9.17, 15) is 4.79 Å². The van der Waals surface area contributed by atoms with Gasteiger partial charge in [-0.2, -0.15) is 0 Å². The van der Waals surface area contributed by atoms with Gasteiger partial charge >= 0.3 is 0 Å². The molecule has 1 unspecified atom stereocenters. The maximum atomic E-state index is 12.5. The third kappa shape index (κ3) is 4.93. The summed E-state index contributed by atoms with van der Waals surface area (Å²) in [6.45, 7) is 6.25. The number of nitrogens with one attached hydrogen (secondary N) is 2. The summed E-state index contributed by atoms with van der Waals surface area (Å²) >= 11 is 6.36. The molecule has 0 aromatic heterocycles. The van der Waals surface area contributed by atoms with Gasteiger partial charge in [0.15, 0.2) is 18.0 Å². The number of carbonyl (C=O) groups excluding carboxylic acids is 1. The Kier molecular flexibility index (Phi) is 6.24. The van der Waals surface area contributed by atoms with E-state index < -0.39 is 0 Å². The third-order valence-corrected chi connectivity index (χ3v) is 4.86. The van der Waals surface area contributed by atoms with Crippen LogP contribution in [0.4, 0.5) is 5.69 Å². The van der Waals surface area contributed by atoms with Gasteiger partial charge in [0.25, 0.3) is 5.91 Å². The van der Waals surface area contributed by atoms with Crippen molar-refractivity contribution in [2.45, 2.75) is 26.8 Å². The molecule has 0 fully saturated rings. The van der Waals surface area contributed by atoms with E-state index in [0.29, 0.717) is 42.8 Å². The fourth-order valence-corrected chi connectivity index (χ4v) is 3.55. The molecule has 1 aliphatic rings. The largest absolute Gasteiger partial charge is 0.489 e. The molecule has 2 N–H and O–H groups in total. The predicted molar refractivity (Wildman–Crippen MR) is 107 cm³/mol. The summed E-state index contributed by atoms with van der Waals surface area (Å²) in [7, 11) is 1.99. The van der Waals surface area contributed by atoms with Gasteiger partial charge in [0, 0.05) is 17.7 Å². The first kappa shape index (κ1) is 19.5. The number of anilines is 1. The van der Waals surface area contributed by atoms with Crippen LogP contribution in [-0.4, -0.2) is 32.7 Å². The van der Waals surface area contributed by atoms with Gasteiger partial charge in [-0.1, -0.05) is 29.8 Å². The summed E-state index contributed by atoms with van der Waals surface area (Å²) in [6.07, 6.45) is 0.837. The molecule has 1 aliphatic heterocycles. The van der Waals surface area contributed by atoms with Crippen molar-refractivity contribution < 1.29 is 19.2 Å². The van der Waals surface area contributed by atoms with E-state index in [1.165, 1.54) is 0 Å². The minimum Gasteiger partial charge on any atom is -0.489 e. The standard InChI is InChI=1S/C21H25ClN2O3/c1-14-6-4-7-15(2)20(14)23-19(25)13-24(3)12-16-10-17(22)21-18(11-16)26-8-5-9-27-21/h4,6-7,10-11H,5,8-9,12-13H2,1-3H3,(H,23,25)/p+1. The van der Waals surface area contributed by atoms with Crippen molar-refractivity contribution in [3.05, 3.63) is 52.0 Å². The number of fused-ring (bicyclic) bond motifs is 1. The van der Waals surface area contributed by atoms with Crippen molar-refractivity contribution in [3.63, 3.8) is 0 Å². The maximum Gasteiger partial charge on any atom is 0.279 e. The zero-order chi connectivity index (χ0) is 19.4. The highest BCUT2D eigenvalue weighted by molar-refractivity contribution is 6.32. The second-order valence-electron chi connectivity index (χ2n) is 7.08. The molecule has 1 atom stereocenters. The Morgan fingerprint density at radius 1 is 1.19 bits per heavy atom. The summed E-state index contributed by atoms with van der Waals surface area (Å²) in [5, 5.41) is 3.59. The maximum absolute atomic E-state index is 12.5. The number of ether oxygens (including phenoxy) is 2. The van der Waals surface area contributed by atoms with E-state index in [4.69, 9.17) is 21.1 Å². The van der Waals surface area contributed by atoms with Gasteiger partial charge < -0.3 is 19.7 Å². The number of amides is 1. The number of rotatable bonds is 5. The highest BCUT2D eigenvalue weighted by atomic mass is 35.5. The molecule has 3 rings (SSSR count). The fraction of sp³-hybridized carbons (Fsp3) is 0.381. The van der Waals surface area contributed by atoms with Crippen LogP contribution >= 0.6 is 11.6 Å². The Morgan fingerprint density at radius 3 is 2.63 bits per heavy atom. The summed E-state index contributed by atoms with van der Waals surface area (Å²) in [5.41, 5.74) is 4.04. The highest BCUT2D eigenvalue weighted by Crippen LogP contribution is 2.37. The first-order chi connectivity index (χ1) is 12.9. The van der Waals surface area contributed by atoms with Crippen molar-refractivity contribution in [3.8, 4) is 11.5 Å². The summed E-state index contributed by atoms with van der Waals surface area (Å²) < 4.78 is 11.4. The first-order valence-corrected chi connectivity index (χ1v) is 9.57. The number of para-hydroxylation sites is 1. The molecule has 2 aromatic carbocycles. The lowest BCUT2D eigenvalue weighted by Crippen LogP contribution is -3.08.